The molecule has 2 aromatic rings. The Morgan fingerprint density at radius 2 is 1.30 bits per heavy atom. The van der Waals surface area contributed by atoms with Crippen LogP contribution in [0.2, 0.25) is 0 Å². The van der Waals surface area contributed by atoms with E-state index in [4.69, 9.17) is 0 Å². The third kappa shape index (κ3) is 3.09. The lowest BCUT2D eigenvalue weighted by molar-refractivity contribution is -0.0288. The summed E-state index contributed by atoms with van der Waals surface area (Å²) in [6.07, 6.45) is 1.87. The second kappa shape index (κ2) is 6.21. The van der Waals surface area contributed by atoms with Gasteiger partial charge in [0.05, 0.1) is 6.10 Å². The van der Waals surface area contributed by atoms with E-state index in [2.05, 4.69) is 53.4 Å². The van der Waals surface area contributed by atoms with Gasteiger partial charge in [-0.15, -0.1) is 0 Å². The Hall–Kier alpha value is -1.64. The van der Waals surface area contributed by atoms with Crippen molar-refractivity contribution in [1.82, 2.24) is 4.90 Å². The maximum atomic E-state index is 9.99. The minimum absolute atomic E-state index is 0.164. The van der Waals surface area contributed by atoms with Crippen molar-refractivity contribution in [3.63, 3.8) is 0 Å². The Morgan fingerprint density at radius 1 is 0.800 bits per heavy atom. The van der Waals surface area contributed by atoms with E-state index in [-0.39, 0.29) is 6.10 Å². The number of benzene rings is 2. The van der Waals surface area contributed by atoms with E-state index in [9.17, 15) is 5.11 Å². The number of hydrogen-bond donors (Lipinski definition) is 1. The fraction of sp³-hybridized carbons (Fsp3) is 0.333. The predicted molar refractivity (Wildman–Crippen MR) is 81.2 cm³/mol. The van der Waals surface area contributed by atoms with Crippen LogP contribution in [0, 0.1) is 0 Å². The van der Waals surface area contributed by atoms with E-state index in [1.165, 1.54) is 11.1 Å². The summed E-state index contributed by atoms with van der Waals surface area (Å²) < 4.78 is 0. The average Bonchev–Trinajstić information content (AvgIpc) is 2.48. The van der Waals surface area contributed by atoms with Crippen molar-refractivity contribution in [3.8, 4) is 0 Å². The van der Waals surface area contributed by atoms with E-state index in [1.807, 2.05) is 12.1 Å². The van der Waals surface area contributed by atoms with Crippen molar-refractivity contribution in [3.05, 3.63) is 71.8 Å². The lowest BCUT2D eigenvalue weighted by Crippen LogP contribution is -2.49. The van der Waals surface area contributed by atoms with E-state index in [0.717, 1.165) is 25.9 Å². The lowest BCUT2D eigenvalue weighted by atomic mass is 9.87. The van der Waals surface area contributed by atoms with Crippen LogP contribution in [0.15, 0.2) is 60.7 Å². The molecule has 1 N–H and O–H groups in total. The molecule has 0 heterocycles. The van der Waals surface area contributed by atoms with E-state index < -0.39 is 0 Å². The first-order valence-corrected chi connectivity index (χ1v) is 7.33. The van der Waals surface area contributed by atoms with Gasteiger partial charge in [0.1, 0.15) is 0 Å². The van der Waals surface area contributed by atoms with E-state index >= 15 is 0 Å². The quantitative estimate of drug-likeness (QED) is 0.899. The molecule has 1 saturated carbocycles. The summed E-state index contributed by atoms with van der Waals surface area (Å²) in [7, 11) is 0. The minimum Gasteiger partial charge on any atom is -0.391 e. The van der Waals surface area contributed by atoms with Crippen LogP contribution in [0.5, 0.6) is 0 Å². The van der Waals surface area contributed by atoms with Gasteiger partial charge in [-0.25, -0.2) is 0 Å². The SMILES string of the molecule is O[C@H]1CC[C@@H]1N(Cc1ccccc1)Cc1ccccc1. The van der Waals surface area contributed by atoms with Crippen LogP contribution in [0.4, 0.5) is 0 Å². The van der Waals surface area contributed by atoms with Crippen LogP contribution in [0.25, 0.3) is 0 Å². The zero-order chi connectivity index (χ0) is 13.8. The topological polar surface area (TPSA) is 23.5 Å². The Kier molecular flexibility index (Phi) is 4.14. The molecule has 104 valence electrons. The molecule has 2 nitrogen and oxygen atoms in total. The molecule has 0 spiro atoms. The summed E-state index contributed by atoms with van der Waals surface area (Å²) in [4.78, 5) is 2.40. The molecule has 0 bridgehead atoms. The summed E-state index contributed by atoms with van der Waals surface area (Å²) in [6.45, 7) is 1.80. The Balaban J connectivity index is 1.74. The molecule has 3 rings (SSSR count). The highest BCUT2D eigenvalue weighted by atomic mass is 16.3. The molecule has 0 radical (unpaired) electrons. The van der Waals surface area contributed by atoms with Crippen LogP contribution in [0.3, 0.4) is 0 Å². The standard InChI is InChI=1S/C18H21NO/c20-18-12-11-17(18)19(13-15-7-3-1-4-8-15)14-16-9-5-2-6-10-16/h1-10,17-18,20H,11-14H2/t17-,18-/m0/s1. The normalized spacial score (nSPS) is 21.7. The van der Waals surface area contributed by atoms with Crippen LogP contribution < -0.4 is 0 Å². The number of aliphatic hydroxyl groups excluding tert-OH is 1. The highest BCUT2D eigenvalue weighted by Gasteiger charge is 2.33. The smallest absolute Gasteiger partial charge is 0.0696 e. The molecule has 1 fully saturated rings. The van der Waals surface area contributed by atoms with Crippen LogP contribution >= 0.6 is 0 Å². The summed E-state index contributed by atoms with van der Waals surface area (Å²) in [6, 6.07) is 21.3. The average molecular weight is 267 g/mol. The molecular weight excluding hydrogens is 246 g/mol. The fourth-order valence-electron chi connectivity index (χ4n) is 2.82. The maximum absolute atomic E-state index is 9.99. The molecule has 0 unspecified atom stereocenters. The highest BCUT2D eigenvalue weighted by molar-refractivity contribution is 5.17. The van der Waals surface area contributed by atoms with Crippen molar-refractivity contribution >= 4 is 0 Å². The first-order valence-electron chi connectivity index (χ1n) is 7.33. The number of nitrogens with zero attached hydrogens (tertiary/aromatic N) is 1. The van der Waals surface area contributed by atoms with Gasteiger partial charge < -0.3 is 5.11 Å². The van der Waals surface area contributed by atoms with Gasteiger partial charge in [0, 0.05) is 19.1 Å². The molecule has 1 aliphatic carbocycles. The lowest BCUT2D eigenvalue weighted by Gasteiger charge is -2.41. The van der Waals surface area contributed by atoms with Crippen molar-refractivity contribution < 1.29 is 5.11 Å². The molecule has 1 aliphatic rings. The van der Waals surface area contributed by atoms with Crippen LogP contribution in [-0.2, 0) is 13.1 Å². The molecule has 2 aromatic carbocycles. The zero-order valence-corrected chi connectivity index (χ0v) is 11.7. The fourth-order valence-corrected chi connectivity index (χ4v) is 2.82. The van der Waals surface area contributed by atoms with Crippen molar-refractivity contribution in [2.24, 2.45) is 0 Å². The van der Waals surface area contributed by atoms with Gasteiger partial charge in [-0.05, 0) is 24.0 Å². The van der Waals surface area contributed by atoms with E-state index in [1.54, 1.807) is 0 Å². The molecule has 2 heteroatoms. The maximum Gasteiger partial charge on any atom is 0.0696 e. The molecule has 2 atom stereocenters. The van der Waals surface area contributed by atoms with Gasteiger partial charge in [0.2, 0.25) is 0 Å². The Morgan fingerprint density at radius 3 is 1.65 bits per heavy atom. The third-order valence-electron chi connectivity index (χ3n) is 4.13. The van der Waals surface area contributed by atoms with Crippen molar-refractivity contribution in [2.75, 3.05) is 0 Å². The minimum atomic E-state index is -0.164. The number of rotatable bonds is 5. The van der Waals surface area contributed by atoms with Crippen molar-refractivity contribution in [2.45, 2.75) is 38.1 Å². The molecule has 0 amide bonds. The largest absolute Gasteiger partial charge is 0.391 e. The van der Waals surface area contributed by atoms with Crippen molar-refractivity contribution in [1.29, 1.82) is 0 Å². The second-order valence-electron chi connectivity index (χ2n) is 5.59. The van der Waals surface area contributed by atoms with Gasteiger partial charge in [-0.3, -0.25) is 4.90 Å². The summed E-state index contributed by atoms with van der Waals surface area (Å²) in [5.74, 6) is 0. The van der Waals surface area contributed by atoms with Gasteiger partial charge in [0.15, 0.2) is 0 Å². The Bertz CT molecular complexity index is 484. The highest BCUT2D eigenvalue weighted by Crippen LogP contribution is 2.28. The third-order valence-corrected chi connectivity index (χ3v) is 4.13. The Labute approximate surface area is 120 Å². The van der Waals surface area contributed by atoms with Crippen LogP contribution in [0.1, 0.15) is 24.0 Å². The second-order valence-corrected chi connectivity index (χ2v) is 5.59. The van der Waals surface area contributed by atoms with E-state index in [0.29, 0.717) is 6.04 Å². The summed E-state index contributed by atoms with van der Waals surface area (Å²) in [5, 5.41) is 9.99. The molecule has 0 aromatic heterocycles. The first-order chi connectivity index (χ1) is 9.83. The predicted octanol–water partition coefficient (Wildman–Crippen LogP) is 3.21. The van der Waals surface area contributed by atoms with Gasteiger partial charge >= 0.3 is 0 Å². The van der Waals surface area contributed by atoms with Crippen LogP contribution in [-0.4, -0.2) is 22.2 Å². The monoisotopic (exact) mass is 267 g/mol. The summed E-state index contributed by atoms with van der Waals surface area (Å²) >= 11 is 0. The van der Waals surface area contributed by atoms with Gasteiger partial charge in [0.25, 0.3) is 0 Å². The number of aliphatic hydroxyl groups is 1. The molecular formula is C18H21NO. The van der Waals surface area contributed by atoms with Gasteiger partial charge in [-0.2, -0.15) is 0 Å². The van der Waals surface area contributed by atoms with Gasteiger partial charge in [-0.1, -0.05) is 60.7 Å². The summed E-state index contributed by atoms with van der Waals surface area (Å²) in [5.41, 5.74) is 2.62. The molecule has 0 saturated heterocycles. The first kappa shape index (κ1) is 13.3. The molecule has 0 aliphatic heterocycles. The molecule has 20 heavy (non-hydrogen) atoms. The number of hydrogen-bond acceptors (Lipinski definition) is 2. The zero-order valence-electron chi connectivity index (χ0n) is 11.7.